The van der Waals surface area contributed by atoms with Gasteiger partial charge in [0.15, 0.2) is 6.10 Å². The van der Waals surface area contributed by atoms with E-state index in [4.69, 9.17) is 4.74 Å². The molecule has 9 nitrogen and oxygen atoms in total. The number of amides is 5. The lowest BCUT2D eigenvalue weighted by Gasteiger charge is -2.23. The number of anilines is 2. The predicted octanol–water partition coefficient (Wildman–Crippen LogP) is 0.238. The van der Waals surface area contributed by atoms with E-state index >= 15 is 0 Å². The molecule has 0 aliphatic carbocycles. The summed E-state index contributed by atoms with van der Waals surface area (Å²) in [6, 6.07) is 4.29. The molecule has 3 rings (SSSR count). The van der Waals surface area contributed by atoms with Crippen molar-refractivity contribution in [2.45, 2.75) is 13.0 Å². The highest BCUT2D eigenvalue weighted by molar-refractivity contribution is 6.06. The number of hydrogen-bond donors (Lipinski definition) is 2. The van der Waals surface area contributed by atoms with Crippen LogP contribution in [0.3, 0.4) is 0 Å². The number of carbonyl (C=O) groups excluding carboxylic acids is 4. The summed E-state index contributed by atoms with van der Waals surface area (Å²) < 4.78 is 5.42. The fourth-order valence-electron chi connectivity index (χ4n) is 2.46. The first-order chi connectivity index (χ1) is 11.3. The van der Waals surface area contributed by atoms with E-state index in [1.54, 1.807) is 25.1 Å². The third-order valence-corrected chi connectivity index (χ3v) is 3.73. The molecule has 0 bridgehead atoms. The van der Waals surface area contributed by atoms with Crippen molar-refractivity contribution in [3.63, 3.8) is 0 Å². The van der Waals surface area contributed by atoms with Gasteiger partial charge in [-0.05, 0) is 25.1 Å². The number of urea groups is 1. The second kappa shape index (κ2) is 5.84. The molecular weight excluding hydrogens is 316 g/mol. The van der Waals surface area contributed by atoms with Gasteiger partial charge >= 0.3 is 6.03 Å². The van der Waals surface area contributed by atoms with Crippen LogP contribution in [0.1, 0.15) is 6.92 Å². The van der Waals surface area contributed by atoms with Crippen molar-refractivity contribution in [3.05, 3.63) is 18.2 Å². The molecule has 0 aromatic heterocycles. The van der Waals surface area contributed by atoms with E-state index in [1.807, 2.05) is 0 Å². The van der Waals surface area contributed by atoms with Crippen molar-refractivity contribution in [2.75, 3.05) is 30.8 Å². The molecular formula is C15H16N4O5. The maximum absolute atomic E-state index is 12.1. The number of likely N-dealkylation sites (N-methyl/N-ethyl adjacent to an activating group) is 1. The molecule has 9 heteroatoms. The van der Waals surface area contributed by atoms with Crippen LogP contribution in [0.4, 0.5) is 16.2 Å². The summed E-state index contributed by atoms with van der Waals surface area (Å²) in [5.74, 6) is -0.699. The molecule has 0 radical (unpaired) electrons. The highest BCUT2D eigenvalue weighted by Gasteiger charge is 2.34. The van der Waals surface area contributed by atoms with Crippen LogP contribution in [0.5, 0.6) is 5.75 Å². The number of hydrogen-bond acceptors (Lipinski definition) is 5. The number of ether oxygens (including phenoxy) is 1. The van der Waals surface area contributed by atoms with Gasteiger partial charge in [-0.1, -0.05) is 0 Å². The van der Waals surface area contributed by atoms with Crippen LogP contribution >= 0.6 is 0 Å². The molecule has 1 aromatic carbocycles. The Kier molecular flexibility index (Phi) is 3.84. The summed E-state index contributed by atoms with van der Waals surface area (Å²) in [6.07, 6.45) is -0.581. The third-order valence-electron chi connectivity index (χ3n) is 3.73. The number of benzene rings is 1. The zero-order chi connectivity index (χ0) is 17.4. The van der Waals surface area contributed by atoms with Crippen LogP contribution in [0.25, 0.3) is 0 Å². The summed E-state index contributed by atoms with van der Waals surface area (Å²) in [5, 5.41) is 5.27. The van der Waals surface area contributed by atoms with Gasteiger partial charge in [-0.15, -0.1) is 0 Å². The Balaban J connectivity index is 1.67. The van der Waals surface area contributed by atoms with Gasteiger partial charge in [0, 0.05) is 12.7 Å². The molecule has 5 amide bonds. The molecule has 1 aromatic rings. The van der Waals surface area contributed by atoms with E-state index < -0.39 is 23.9 Å². The zero-order valence-corrected chi connectivity index (χ0v) is 13.2. The van der Waals surface area contributed by atoms with Crippen LogP contribution in [0.15, 0.2) is 18.2 Å². The van der Waals surface area contributed by atoms with Crippen molar-refractivity contribution in [2.24, 2.45) is 0 Å². The second-order valence-corrected chi connectivity index (χ2v) is 5.63. The summed E-state index contributed by atoms with van der Waals surface area (Å²) in [6.45, 7) is 1.24. The summed E-state index contributed by atoms with van der Waals surface area (Å²) >= 11 is 0. The SMILES string of the molecule is C[C@H]1Oc2ccc(NC(=O)CN3C(=O)CN(C)C3=O)cc2NC1=O. The van der Waals surface area contributed by atoms with Crippen molar-refractivity contribution in [1.29, 1.82) is 0 Å². The van der Waals surface area contributed by atoms with Crippen molar-refractivity contribution in [1.82, 2.24) is 9.80 Å². The standard InChI is InChI=1S/C15H16N4O5/c1-8-14(22)17-10-5-9(3-4-11(10)24-8)16-12(20)6-19-13(21)7-18(2)15(19)23/h3-5,8H,6-7H2,1-2H3,(H,16,20)(H,17,22)/t8-/m1/s1. The molecule has 1 saturated heterocycles. The number of rotatable bonds is 3. The minimum atomic E-state index is -0.581. The number of nitrogens with one attached hydrogen (secondary N) is 2. The van der Waals surface area contributed by atoms with E-state index in [0.717, 1.165) is 4.90 Å². The van der Waals surface area contributed by atoms with Gasteiger partial charge < -0.3 is 20.3 Å². The Morgan fingerprint density at radius 3 is 2.79 bits per heavy atom. The molecule has 2 N–H and O–H groups in total. The first kappa shape index (κ1) is 15.8. The molecule has 2 aliphatic heterocycles. The minimum absolute atomic E-state index is 0.0352. The van der Waals surface area contributed by atoms with Gasteiger partial charge in [0.1, 0.15) is 18.8 Å². The summed E-state index contributed by atoms with van der Waals surface area (Å²) in [4.78, 5) is 49.2. The lowest BCUT2D eigenvalue weighted by molar-refractivity contribution is -0.129. The average molecular weight is 332 g/mol. The van der Waals surface area contributed by atoms with E-state index in [9.17, 15) is 19.2 Å². The Labute approximate surface area is 137 Å². The molecule has 0 spiro atoms. The lowest BCUT2D eigenvalue weighted by atomic mass is 10.2. The average Bonchev–Trinajstić information content (AvgIpc) is 2.75. The number of carbonyl (C=O) groups is 4. The molecule has 2 heterocycles. The van der Waals surface area contributed by atoms with Crippen molar-refractivity contribution >= 4 is 35.1 Å². The van der Waals surface area contributed by atoms with Gasteiger partial charge in [0.05, 0.1) is 5.69 Å². The van der Waals surface area contributed by atoms with Crippen molar-refractivity contribution in [3.8, 4) is 5.75 Å². The second-order valence-electron chi connectivity index (χ2n) is 5.63. The normalized spacial score (nSPS) is 19.8. The third kappa shape index (κ3) is 2.87. The van der Waals surface area contributed by atoms with Gasteiger partial charge in [-0.3, -0.25) is 19.3 Å². The molecule has 126 valence electrons. The monoisotopic (exact) mass is 332 g/mol. The topological polar surface area (TPSA) is 108 Å². The Bertz CT molecular complexity index is 747. The van der Waals surface area contributed by atoms with Crippen LogP contribution in [-0.2, 0) is 14.4 Å². The molecule has 0 unspecified atom stereocenters. The molecule has 2 aliphatic rings. The maximum Gasteiger partial charge on any atom is 0.327 e. The number of nitrogens with zero attached hydrogens (tertiary/aromatic N) is 2. The van der Waals surface area contributed by atoms with Crippen LogP contribution < -0.4 is 15.4 Å². The number of imide groups is 1. The van der Waals surface area contributed by atoms with E-state index in [1.165, 1.54) is 11.9 Å². The van der Waals surface area contributed by atoms with Crippen LogP contribution in [0.2, 0.25) is 0 Å². The highest BCUT2D eigenvalue weighted by Crippen LogP contribution is 2.32. The summed E-state index contributed by atoms with van der Waals surface area (Å²) in [7, 11) is 1.49. The summed E-state index contributed by atoms with van der Waals surface area (Å²) in [5.41, 5.74) is 0.869. The number of fused-ring (bicyclic) bond motifs is 1. The Morgan fingerprint density at radius 1 is 1.38 bits per heavy atom. The first-order valence-corrected chi connectivity index (χ1v) is 7.32. The minimum Gasteiger partial charge on any atom is -0.479 e. The highest BCUT2D eigenvalue weighted by atomic mass is 16.5. The Morgan fingerprint density at radius 2 is 2.12 bits per heavy atom. The van der Waals surface area contributed by atoms with E-state index in [2.05, 4.69) is 10.6 Å². The lowest BCUT2D eigenvalue weighted by Crippen LogP contribution is -2.38. The first-order valence-electron chi connectivity index (χ1n) is 7.32. The largest absolute Gasteiger partial charge is 0.479 e. The fourth-order valence-corrected chi connectivity index (χ4v) is 2.46. The quantitative estimate of drug-likeness (QED) is 0.771. The zero-order valence-electron chi connectivity index (χ0n) is 13.2. The van der Waals surface area contributed by atoms with E-state index in [-0.39, 0.29) is 19.0 Å². The van der Waals surface area contributed by atoms with Gasteiger partial charge in [-0.25, -0.2) is 4.79 Å². The van der Waals surface area contributed by atoms with Gasteiger partial charge in [-0.2, -0.15) is 0 Å². The maximum atomic E-state index is 12.1. The smallest absolute Gasteiger partial charge is 0.327 e. The predicted molar refractivity (Wildman–Crippen MR) is 83.5 cm³/mol. The molecule has 24 heavy (non-hydrogen) atoms. The van der Waals surface area contributed by atoms with Crippen molar-refractivity contribution < 1.29 is 23.9 Å². The van der Waals surface area contributed by atoms with Gasteiger partial charge in [0.25, 0.3) is 11.8 Å². The van der Waals surface area contributed by atoms with Gasteiger partial charge in [0.2, 0.25) is 5.91 Å². The molecule has 1 fully saturated rings. The Hall–Kier alpha value is -3.10. The fraction of sp³-hybridized carbons (Fsp3) is 0.333. The van der Waals surface area contributed by atoms with E-state index in [0.29, 0.717) is 17.1 Å². The van der Waals surface area contributed by atoms with Crippen LogP contribution in [0, 0.1) is 0 Å². The molecule has 1 atom stereocenters. The molecule has 0 saturated carbocycles. The van der Waals surface area contributed by atoms with Crippen LogP contribution in [-0.4, -0.2) is 59.8 Å².